The number of hydrogen-bond donors (Lipinski definition) is 1. The van der Waals surface area contributed by atoms with E-state index in [-0.39, 0.29) is 6.04 Å². The topological polar surface area (TPSA) is 29.9 Å². The maximum Gasteiger partial charge on any atom is 0.0992 e. The molecule has 92 valence electrons. The largest absolute Gasteiger partial charge is 0.313 e. The third-order valence-electron chi connectivity index (χ3n) is 2.61. The maximum absolute atomic E-state index is 6.16. The summed E-state index contributed by atoms with van der Waals surface area (Å²) in [7, 11) is 3.83. The molecule has 0 bridgehead atoms. The highest BCUT2D eigenvalue weighted by Crippen LogP contribution is 2.35. The number of rotatable bonds is 4. The van der Waals surface area contributed by atoms with Crippen LogP contribution in [0.2, 0.25) is 8.67 Å². The molecule has 0 saturated carbocycles. The summed E-state index contributed by atoms with van der Waals surface area (Å²) in [6, 6.07) is 2.09. The van der Waals surface area contributed by atoms with Crippen LogP contribution in [0.5, 0.6) is 0 Å². The Kier molecular flexibility index (Phi) is 4.09. The first-order valence-corrected chi connectivity index (χ1v) is 6.77. The van der Waals surface area contributed by atoms with E-state index >= 15 is 0 Å². The molecule has 2 aromatic heterocycles. The molecule has 0 aliphatic rings. The van der Waals surface area contributed by atoms with Gasteiger partial charge in [-0.3, -0.25) is 4.68 Å². The van der Waals surface area contributed by atoms with Crippen LogP contribution in [0.3, 0.4) is 0 Å². The van der Waals surface area contributed by atoms with E-state index in [4.69, 9.17) is 23.2 Å². The molecule has 2 aromatic rings. The maximum atomic E-state index is 6.16. The third kappa shape index (κ3) is 3.01. The van der Waals surface area contributed by atoms with E-state index in [1.807, 2.05) is 32.6 Å². The number of halogens is 2. The van der Waals surface area contributed by atoms with Crippen LogP contribution >= 0.6 is 34.5 Å². The van der Waals surface area contributed by atoms with E-state index in [1.54, 1.807) is 4.68 Å². The summed E-state index contributed by atoms with van der Waals surface area (Å²) in [6.45, 7) is 0. The van der Waals surface area contributed by atoms with Crippen molar-refractivity contribution >= 4 is 34.5 Å². The van der Waals surface area contributed by atoms with Crippen molar-refractivity contribution in [3.63, 3.8) is 0 Å². The first kappa shape index (κ1) is 12.9. The molecule has 1 unspecified atom stereocenters. The molecule has 0 aliphatic carbocycles. The summed E-state index contributed by atoms with van der Waals surface area (Å²) in [6.07, 6.45) is 4.72. The van der Waals surface area contributed by atoms with Gasteiger partial charge in [0.1, 0.15) is 0 Å². The quantitative estimate of drug-likeness (QED) is 0.936. The lowest BCUT2D eigenvalue weighted by atomic mass is 10.0. The second-order valence-electron chi connectivity index (χ2n) is 3.85. The Morgan fingerprint density at radius 2 is 2.29 bits per heavy atom. The van der Waals surface area contributed by atoms with Gasteiger partial charge >= 0.3 is 0 Å². The van der Waals surface area contributed by atoms with Gasteiger partial charge in [0, 0.05) is 24.8 Å². The van der Waals surface area contributed by atoms with Crippen molar-refractivity contribution in [1.29, 1.82) is 0 Å². The molecular formula is C11H13Cl2N3S. The van der Waals surface area contributed by atoms with Crippen molar-refractivity contribution in [3.8, 4) is 0 Å². The van der Waals surface area contributed by atoms with Gasteiger partial charge in [-0.25, -0.2) is 0 Å². The Labute approximate surface area is 114 Å². The Balaban J connectivity index is 2.19. The van der Waals surface area contributed by atoms with Gasteiger partial charge in [-0.2, -0.15) is 5.10 Å². The molecule has 2 rings (SSSR count). The van der Waals surface area contributed by atoms with Crippen LogP contribution in [0.1, 0.15) is 17.2 Å². The predicted octanol–water partition coefficient (Wildman–Crippen LogP) is 3.29. The lowest BCUT2D eigenvalue weighted by Gasteiger charge is -2.14. The first-order chi connectivity index (χ1) is 8.10. The van der Waals surface area contributed by atoms with Gasteiger partial charge in [0.15, 0.2) is 0 Å². The van der Waals surface area contributed by atoms with Crippen molar-refractivity contribution in [3.05, 3.63) is 38.3 Å². The number of aryl methyl sites for hydroxylation is 1. The predicted molar refractivity (Wildman–Crippen MR) is 73.1 cm³/mol. The molecule has 17 heavy (non-hydrogen) atoms. The Bertz CT molecular complexity index is 507. The zero-order valence-corrected chi connectivity index (χ0v) is 11.9. The molecular weight excluding hydrogens is 277 g/mol. The number of nitrogens with zero attached hydrogens (tertiary/aromatic N) is 2. The van der Waals surface area contributed by atoms with Crippen LogP contribution in [0.25, 0.3) is 0 Å². The fraction of sp³-hybridized carbons (Fsp3) is 0.364. The van der Waals surface area contributed by atoms with Crippen LogP contribution < -0.4 is 5.32 Å². The molecule has 1 N–H and O–H groups in total. The molecule has 6 heteroatoms. The Morgan fingerprint density at radius 3 is 2.76 bits per heavy atom. The number of aromatic nitrogens is 2. The first-order valence-electron chi connectivity index (χ1n) is 5.19. The number of thiophene rings is 1. The summed E-state index contributed by atoms with van der Waals surface area (Å²) in [4.78, 5) is 0. The monoisotopic (exact) mass is 289 g/mol. The summed E-state index contributed by atoms with van der Waals surface area (Å²) in [5.74, 6) is 0. The number of hydrogen-bond acceptors (Lipinski definition) is 3. The average Bonchev–Trinajstić information content (AvgIpc) is 2.82. The van der Waals surface area contributed by atoms with Crippen molar-refractivity contribution in [2.45, 2.75) is 12.5 Å². The van der Waals surface area contributed by atoms with Crippen molar-refractivity contribution in [2.75, 3.05) is 7.05 Å². The Morgan fingerprint density at radius 1 is 1.53 bits per heavy atom. The van der Waals surface area contributed by atoms with Crippen LogP contribution in [0.4, 0.5) is 0 Å². The zero-order chi connectivity index (χ0) is 12.4. The second-order valence-corrected chi connectivity index (χ2v) is 6.13. The fourth-order valence-corrected chi connectivity index (χ4v) is 3.35. The van der Waals surface area contributed by atoms with E-state index in [9.17, 15) is 0 Å². The molecule has 0 spiro atoms. The highest BCUT2D eigenvalue weighted by molar-refractivity contribution is 7.20. The van der Waals surface area contributed by atoms with Gasteiger partial charge in [-0.05, 0) is 25.1 Å². The van der Waals surface area contributed by atoms with Crippen molar-refractivity contribution in [2.24, 2.45) is 7.05 Å². The minimum atomic E-state index is 0.162. The minimum Gasteiger partial charge on any atom is -0.313 e. The highest BCUT2D eigenvalue weighted by atomic mass is 35.5. The zero-order valence-electron chi connectivity index (χ0n) is 9.58. The highest BCUT2D eigenvalue weighted by Gasteiger charge is 2.17. The van der Waals surface area contributed by atoms with Crippen LogP contribution in [-0.4, -0.2) is 16.8 Å². The number of likely N-dealkylation sites (N-methyl/N-ethyl adjacent to an activating group) is 1. The van der Waals surface area contributed by atoms with Gasteiger partial charge in [0.05, 0.1) is 14.9 Å². The standard InChI is InChI=1S/C11H13Cl2N3S/c1-14-9(3-7-5-15-16(2)6-7)8-4-10(12)17-11(8)13/h4-6,9,14H,3H2,1-2H3. The Hall–Kier alpha value is -0.550. The van der Waals surface area contributed by atoms with Gasteiger partial charge in [-0.1, -0.05) is 23.2 Å². The lowest BCUT2D eigenvalue weighted by molar-refractivity contribution is 0.594. The fourth-order valence-electron chi connectivity index (χ4n) is 1.77. The average molecular weight is 290 g/mol. The lowest BCUT2D eigenvalue weighted by Crippen LogP contribution is -2.18. The molecule has 2 heterocycles. The van der Waals surface area contributed by atoms with Gasteiger partial charge in [0.25, 0.3) is 0 Å². The minimum absolute atomic E-state index is 0.162. The summed E-state index contributed by atoms with van der Waals surface area (Å²) >= 11 is 13.5. The smallest absolute Gasteiger partial charge is 0.0992 e. The van der Waals surface area contributed by atoms with Crippen LogP contribution in [0.15, 0.2) is 18.5 Å². The van der Waals surface area contributed by atoms with E-state index in [1.165, 1.54) is 16.9 Å². The molecule has 0 saturated heterocycles. The normalized spacial score (nSPS) is 12.9. The molecule has 0 amide bonds. The SMILES string of the molecule is CNC(Cc1cnn(C)c1)c1cc(Cl)sc1Cl. The van der Waals surface area contributed by atoms with Gasteiger partial charge < -0.3 is 5.32 Å². The number of nitrogens with one attached hydrogen (secondary N) is 1. The van der Waals surface area contributed by atoms with Gasteiger partial charge in [-0.15, -0.1) is 11.3 Å². The summed E-state index contributed by atoms with van der Waals surface area (Å²) < 4.78 is 3.26. The van der Waals surface area contributed by atoms with E-state index < -0.39 is 0 Å². The van der Waals surface area contributed by atoms with E-state index in [2.05, 4.69) is 10.4 Å². The van der Waals surface area contributed by atoms with E-state index in [0.717, 1.165) is 20.7 Å². The molecule has 1 atom stereocenters. The molecule has 0 fully saturated rings. The van der Waals surface area contributed by atoms with Crippen LogP contribution in [-0.2, 0) is 13.5 Å². The summed E-state index contributed by atoms with van der Waals surface area (Å²) in [5.41, 5.74) is 2.22. The second kappa shape index (κ2) is 5.40. The molecule has 3 nitrogen and oxygen atoms in total. The van der Waals surface area contributed by atoms with Crippen molar-refractivity contribution in [1.82, 2.24) is 15.1 Å². The van der Waals surface area contributed by atoms with Gasteiger partial charge in [0.2, 0.25) is 0 Å². The van der Waals surface area contributed by atoms with Crippen molar-refractivity contribution < 1.29 is 0 Å². The molecule has 0 aliphatic heterocycles. The molecule has 0 radical (unpaired) electrons. The summed E-state index contributed by atoms with van der Waals surface area (Å²) in [5, 5.41) is 7.41. The van der Waals surface area contributed by atoms with Crippen LogP contribution in [0, 0.1) is 0 Å². The third-order valence-corrected chi connectivity index (χ3v) is 4.12. The molecule has 0 aromatic carbocycles. The van der Waals surface area contributed by atoms with E-state index in [0.29, 0.717) is 0 Å².